The van der Waals surface area contributed by atoms with E-state index in [4.69, 9.17) is 5.26 Å². The van der Waals surface area contributed by atoms with Crippen molar-refractivity contribution in [3.8, 4) is 6.07 Å². The highest BCUT2D eigenvalue weighted by molar-refractivity contribution is 5.42. The highest BCUT2D eigenvalue weighted by Gasteiger charge is 2.22. The Bertz CT molecular complexity index is 567. The molecule has 2 aromatic heterocycles. The van der Waals surface area contributed by atoms with Gasteiger partial charge in [0.25, 0.3) is 0 Å². The number of nitrogens with one attached hydrogen (secondary N) is 1. The molecule has 1 aliphatic rings. The average Bonchev–Trinajstić information content (AvgIpc) is 3.02. The maximum absolute atomic E-state index is 8.79. The van der Waals surface area contributed by atoms with E-state index in [2.05, 4.69) is 26.2 Å². The van der Waals surface area contributed by atoms with Crippen molar-refractivity contribution < 1.29 is 0 Å². The lowest BCUT2D eigenvalue weighted by atomic mass is 9.95. The molecule has 0 spiro atoms. The van der Waals surface area contributed by atoms with Crippen molar-refractivity contribution in [2.45, 2.75) is 18.8 Å². The third kappa shape index (κ3) is 2.43. The molecule has 96 valence electrons. The molecule has 5 nitrogen and oxygen atoms in total. The SMILES string of the molecule is N#Cc1ccc(N2CCC[C@@H](c3ccn[nH]3)C2)nc1. The number of nitrogens with zero attached hydrogens (tertiary/aromatic N) is 4. The number of hydrogen-bond donors (Lipinski definition) is 1. The van der Waals surface area contributed by atoms with Crippen LogP contribution in [-0.4, -0.2) is 28.3 Å². The summed E-state index contributed by atoms with van der Waals surface area (Å²) >= 11 is 0. The molecule has 0 aromatic carbocycles. The minimum atomic E-state index is 0.480. The Balaban J connectivity index is 1.76. The molecule has 0 unspecified atom stereocenters. The van der Waals surface area contributed by atoms with E-state index in [0.29, 0.717) is 11.5 Å². The van der Waals surface area contributed by atoms with Crippen LogP contribution < -0.4 is 4.90 Å². The van der Waals surface area contributed by atoms with Gasteiger partial charge in [0.15, 0.2) is 0 Å². The lowest BCUT2D eigenvalue weighted by molar-refractivity contribution is 0.498. The first-order chi connectivity index (χ1) is 9.36. The number of H-pyrrole nitrogens is 1. The van der Waals surface area contributed by atoms with Crippen LogP contribution in [0, 0.1) is 11.3 Å². The van der Waals surface area contributed by atoms with Crippen molar-refractivity contribution in [1.29, 1.82) is 5.26 Å². The molecule has 0 amide bonds. The predicted molar refractivity (Wildman–Crippen MR) is 71.7 cm³/mol. The summed E-state index contributed by atoms with van der Waals surface area (Å²) in [7, 11) is 0. The van der Waals surface area contributed by atoms with Crippen molar-refractivity contribution in [2.75, 3.05) is 18.0 Å². The van der Waals surface area contributed by atoms with Crippen LogP contribution in [-0.2, 0) is 0 Å². The Morgan fingerprint density at radius 1 is 1.37 bits per heavy atom. The number of aromatic amines is 1. The predicted octanol–water partition coefficient (Wildman–Crippen LogP) is 2.06. The van der Waals surface area contributed by atoms with E-state index in [9.17, 15) is 0 Å². The number of hydrogen-bond acceptors (Lipinski definition) is 4. The first kappa shape index (κ1) is 11.7. The Hall–Kier alpha value is -2.35. The minimum absolute atomic E-state index is 0.480. The fourth-order valence-corrected chi connectivity index (χ4v) is 2.57. The standard InChI is InChI=1S/C14H15N5/c15-8-11-3-4-14(16-9-11)19-7-1-2-12(10-19)13-5-6-17-18-13/h3-6,9,12H,1-2,7,10H2,(H,17,18)/t12-/m1/s1. The number of nitriles is 1. The fraction of sp³-hybridized carbons (Fsp3) is 0.357. The first-order valence-electron chi connectivity index (χ1n) is 6.47. The Labute approximate surface area is 111 Å². The third-order valence-electron chi connectivity index (χ3n) is 3.58. The monoisotopic (exact) mass is 253 g/mol. The maximum atomic E-state index is 8.79. The van der Waals surface area contributed by atoms with E-state index in [1.807, 2.05) is 18.2 Å². The van der Waals surface area contributed by atoms with Gasteiger partial charge in [0.2, 0.25) is 0 Å². The van der Waals surface area contributed by atoms with E-state index in [0.717, 1.165) is 25.3 Å². The van der Waals surface area contributed by atoms with E-state index < -0.39 is 0 Å². The van der Waals surface area contributed by atoms with Gasteiger partial charge >= 0.3 is 0 Å². The summed E-state index contributed by atoms with van der Waals surface area (Å²) in [5, 5.41) is 15.9. The molecule has 0 radical (unpaired) electrons. The fourth-order valence-electron chi connectivity index (χ4n) is 2.57. The molecule has 3 rings (SSSR count). The van der Waals surface area contributed by atoms with Crippen molar-refractivity contribution in [3.63, 3.8) is 0 Å². The second-order valence-electron chi connectivity index (χ2n) is 4.81. The molecule has 3 heterocycles. The van der Waals surface area contributed by atoms with Gasteiger partial charge in [0, 0.05) is 37.1 Å². The summed E-state index contributed by atoms with van der Waals surface area (Å²) in [6.07, 6.45) is 5.75. The molecular weight excluding hydrogens is 238 g/mol. The summed E-state index contributed by atoms with van der Waals surface area (Å²) < 4.78 is 0. The van der Waals surface area contributed by atoms with Crippen LogP contribution >= 0.6 is 0 Å². The minimum Gasteiger partial charge on any atom is -0.356 e. The summed E-state index contributed by atoms with van der Waals surface area (Å²) in [5.41, 5.74) is 1.80. The van der Waals surface area contributed by atoms with Crippen LogP contribution in [0.2, 0.25) is 0 Å². The van der Waals surface area contributed by atoms with Crippen LogP contribution in [0.15, 0.2) is 30.6 Å². The van der Waals surface area contributed by atoms with Crippen molar-refractivity contribution >= 4 is 5.82 Å². The van der Waals surface area contributed by atoms with E-state index in [1.54, 1.807) is 12.4 Å². The summed E-state index contributed by atoms with van der Waals surface area (Å²) in [6, 6.07) is 7.88. The zero-order valence-electron chi connectivity index (χ0n) is 10.6. The van der Waals surface area contributed by atoms with Crippen molar-refractivity contribution in [2.24, 2.45) is 0 Å². The van der Waals surface area contributed by atoms with Gasteiger partial charge in [-0.25, -0.2) is 4.98 Å². The number of anilines is 1. The Morgan fingerprint density at radius 3 is 3.00 bits per heavy atom. The molecule has 19 heavy (non-hydrogen) atoms. The van der Waals surface area contributed by atoms with Gasteiger partial charge in [-0.05, 0) is 31.0 Å². The molecule has 5 heteroatoms. The highest BCUT2D eigenvalue weighted by Crippen LogP contribution is 2.27. The lowest BCUT2D eigenvalue weighted by Gasteiger charge is -2.33. The summed E-state index contributed by atoms with van der Waals surface area (Å²) in [4.78, 5) is 6.64. The normalized spacial score (nSPS) is 19.1. The van der Waals surface area contributed by atoms with Gasteiger partial charge in [0.05, 0.1) is 5.56 Å². The third-order valence-corrected chi connectivity index (χ3v) is 3.58. The maximum Gasteiger partial charge on any atom is 0.128 e. The second kappa shape index (κ2) is 5.11. The lowest BCUT2D eigenvalue weighted by Crippen LogP contribution is -2.35. The van der Waals surface area contributed by atoms with Gasteiger partial charge in [-0.3, -0.25) is 5.10 Å². The summed E-state index contributed by atoms with van der Waals surface area (Å²) in [5.74, 6) is 1.43. The molecule has 0 saturated carbocycles. The van der Waals surface area contributed by atoms with E-state index in [-0.39, 0.29) is 0 Å². The molecule has 1 atom stereocenters. The quantitative estimate of drug-likeness (QED) is 0.889. The first-order valence-corrected chi connectivity index (χ1v) is 6.47. The largest absolute Gasteiger partial charge is 0.356 e. The molecular formula is C14H15N5. The van der Waals surface area contributed by atoms with E-state index in [1.165, 1.54) is 12.1 Å². The summed E-state index contributed by atoms with van der Waals surface area (Å²) in [6.45, 7) is 1.96. The second-order valence-corrected chi connectivity index (χ2v) is 4.81. The zero-order valence-corrected chi connectivity index (χ0v) is 10.6. The Morgan fingerprint density at radius 2 is 2.32 bits per heavy atom. The van der Waals surface area contributed by atoms with Crippen molar-refractivity contribution in [3.05, 3.63) is 41.9 Å². The molecule has 1 aliphatic heterocycles. The van der Waals surface area contributed by atoms with Gasteiger partial charge in [-0.1, -0.05) is 0 Å². The number of rotatable bonds is 2. The van der Waals surface area contributed by atoms with Crippen LogP contribution in [0.3, 0.4) is 0 Å². The average molecular weight is 253 g/mol. The molecule has 1 saturated heterocycles. The molecule has 1 fully saturated rings. The van der Waals surface area contributed by atoms with E-state index >= 15 is 0 Å². The van der Waals surface area contributed by atoms with Crippen LogP contribution in [0.4, 0.5) is 5.82 Å². The van der Waals surface area contributed by atoms with Gasteiger partial charge in [0.1, 0.15) is 11.9 Å². The molecule has 0 aliphatic carbocycles. The van der Waals surface area contributed by atoms with Crippen LogP contribution in [0.5, 0.6) is 0 Å². The zero-order chi connectivity index (χ0) is 13.1. The van der Waals surface area contributed by atoms with Gasteiger partial charge in [-0.15, -0.1) is 0 Å². The smallest absolute Gasteiger partial charge is 0.128 e. The number of piperidine rings is 1. The van der Waals surface area contributed by atoms with Crippen LogP contribution in [0.1, 0.15) is 30.0 Å². The molecule has 0 bridgehead atoms. The van der Waals surface area contributed by atoms with Gasteiger partial charge in [-0.2, -0.15) is 10.4 Å². The molecule has 2 aromatic rings. The topological polar surface area (TPSA) is 68.6 Å². The Kier molecular flexibility index (Phi) is 3.15. The number of aromatic nitrogens is 3. The van der Waals surface area contributed by atoms with Gasteiger partial charge < -0.3 is 4.90 Å². The highest BCUT2D eigenvalue weighted by atomic mass is 15.2. The number of pyridine rings is 1. The van der Waals surface area contributed by atoms with Crippen LogP contribution in [0.25, 0.3) is 0 Å². The molecule has 1 N–H and O–H groups in total. The van der Waals surface area contributed by atoms with Crippen molar-refractivity contribution in [1.82, 2.24) is 15.2 Å².